The molecule has 0 aliphatic heterocycles. The molecule has 1 aromatic rings. The predicted molar refractivity (Wildman–Crippen MR) is 389 cm³/mol. The minimum atomic E-state index is -1.18. The fourth-order valence-corrected chi connectivity index (χ4v) is 12.6. The van der Waals surface area contributed by atoms with Gasteiger partial charge < -0.3 is 78.1 Å². The maximum atomic E-state index is 13.9. The first-order chi connectivity index (χ1) is 47.7. The summed E-state index contributed by atoms with van der Waals surface area (Å²) in [4.78, 5) is 55.5. The highest BCUT2D eigenvalue weighted by molar-refractivity contribution is 7.99. The molecule has 1 rings (SSSR count). The van der Waals surface area contributed by atoms with Gasteiger partial charge >= 0.3 is 0 Å². The molecule has 0 heterocycles. The van der Waals surface area contributed by atoms with Gasteiger partial charge in [-0.1, -0.05) is 83.2 Å². The molecule has 0 aliphatic carbocycles. The molecule has 0 atom stereocenters. The van der Waals surface area contributed by atoms with Crippen LogP contribution < -0.4 is 21.3 Å². The number of thioether (sulfide) groups is 4. The number of terminal acetylenes is 12. The number of carbonyl (C=O) groups excluding carboxylic acids is 4. The SMILES string of the molecule is C#CCOCC(COCC#C)(COCC#C)NC(=O)CCSCc1cc(CSCCC(=O)NC(COCC#C)(COCC#C)COCC#C)c(CSCCC(=O)NC(COCC#C)(COCC#C)COCC#C)cc1CSCCC(=O)NC(COCC#C)(COCC#C)COCC#C. The summed E-state index contributed by atoms with van der Waals surface area (Å²) in [5.74, 6) is 31.1. The van der Waals surface area contributed by atoms with Gasteiger partial charge in [0.05, 0.1) is 79.3 Å². The zero-order valence-corrected chi connectivity index (χ0v) is 59.0. The summed E-state index contributed by atoms with van der Waals surface area (Å²) in [6, 6.07) is 4.25. The number of nitrogens with one attached hydrogen (secondary N) is 4. The van der Waals surface area contributed by atoms with Gasteiger partial charge in [0.25, 0.3) is 0 Å². The molecular weight excluding hydrogens is 1330 g/mol. The molecule has 0 bridgehead atoms. The average Bonchev–Trinajstić information content (AvgIpc) is 0.817. The highest BCUT2D eigenvalue weighted by Crippen LogP contribution is 2.31. The van der Waals surface area contributed by atoms with Crippen molar-refractivity contribution in [3.63, 3.8) is 0 Å². The van der Waals surface area contributed by atoms with Crippen LogP contribution in [0.3, 0.4) is 0 Å². The molecule has 0 saturated heterocycles. The van der Waals surface area contributed by atoms with Crippen LogP contribution in [0.5, 0.6) is 0 Å². The van der Waals surface area contributed by atoms with Crippen molar-refractivity contribution >= 4 is 70.7 Å². The highest BCUT2D eigenvalue weighted by Gasteiger charge is 2.37. The van der Waals surface area contributed by atoms with Crippen LogP contribution >= 0.6 is 47.0 Å². The molecule has 0 spiro atoms. The third kappa shape index (κ3) is 41.2. The summed E-state index contributed by atoms with van der Waals surface area (Å²) >= 11 is 6.10. The summed E-state index contributed by atoms with van der Waals surface area (Å²) in [6.07, 6.45) is 66.1. The van der Waals surface area contributed by atoms with Gasteiger partial charge in [0.15, 0.2) is 0 Å². The zero-order valence-electron chi connectivity index (χ0n) is 55.7. The first-order valence-electron chi connectivity index (χ1n) is 30.5. The standard InChI is InChI=1S/C74H90N4O16S4/c1-13-29-83-51-71(52-84-30-14-2,53-85-31-15-3)75-67(79)25-41-95-47-63-45-65(49-97-43-27-69(81)77-73(57-89-35-19-7,58-90-36-20-8)59-91-37-21-9)66(50-98-44-28-70(82)78-74(60-92-38-22-10,61-93-39-23-11)62-94-40-24-12)46-64(63)48-96-42-26-68(80)76-72(54-86-32-16-4,55-87-33-17-5)56-88-34-18-6/h1-12,45-46H,25-44,47-62H2,(H,75,79)(H,76,80)(H,77,81)(H,78,82). The average molecular weight is 1420 g/mol. The van der Waals surface area contributed by atoms with Gasteiger partial charge in [-0.15, -0.1) is 77.1 Å². The predicted octanol–water partition coefficient (Wildman–Crippen LogP) is 3.40. The number of carbonyl (C=O) groups is 4. The van der Waals surface area contributed by atoms with Crippen molar-refractivity contribution in [3.8, 4) is 148 Å². The van der Waals surface area contributed by atoms with Crippen LogP contribution in [-0.2, 0) is 99.0 Å². The normalized spacial score (nSPS) is 11.0. The fraction of sp³-hybridized carbons (Fsp3) is 0.541. The van der Waals surface area contributed by atoms with E-state index in [1.54, 1.807) is 0 Å². The molecule has 98 heavy (non-hydrogen) atoms. The third-order valence-corrected chi connectivity index (χ3v) is 16.9. The molecule has 0 fully saturated rings. The molecule has 0 unspecified atom stereocenters. The van der Waals surface area contributed by atoms with Crippen molar-refractivity contribution in [2.24, 2.45) is 0 Å². The molecule has 20 nitrogen and oxygen atoms in total. The van der Waals surface area contributed by atoms with Crippen molar-refractivity contribution in [3.05, 3.63) is 34.4 Å². The van der Waals surface area contributed by atoms with Gasteiger partial charge in [-0.3, -0.25) is 19.2 Å². The number of ether oxygens (including phenoxy) is 12. The molecule has 526 valence electrons. The van der Waals surface area contributed by atoms with Gasteiger partial charge in [-0.05, 0) is 22.3 Å². The van der Waals surface area contributed by atoms with Crippen LogP contribution in [0.2, 0.25) is 0 Å². The second kappa shape index (κ2) is 57.6. The minimum absolute atomic E-state index is 0.0356. The summed E-state index contributed by atoms with van der Waals surface area (Å²) in [6.45, 7) is -1.05. The van der Waals surface area contributed by atoms with Crippen molar-refractivity contribution < 1.29 is 76.0 Å². The molecular formula is C74H90N4O16S4. The first kappa shape index (κ1) is 88.8. The summed E-state index contributed by atoms with van der Waals surface area (Å²) < 4.78 is 68.4. The lowest BCUT2D eigenvalue weighted by atomic mass is 10.0. The Balaban J connectivity index is 3.93. The van der Waals surface area contributed by atoms with E-state index in [4.69, 9.17) is 134 Å². The van der Waals surface area contributed by atoms with Gasteiger partial charge in [-0.25, -0.2) is 0 Å². The number of amides is 4. The molecule has 0 radical (unpaired) electrons. The Morgan fingerprint density at radius 3 is 0.520 bits per heavy atom. The van der Waals surface area contributed by atoms with Gasteiger partial charge in [0.1, 0.15) is 101 Å². The van der Waals surface area contributed by atoms with E-state index in [0.717, 1.165) is 22.3 Å². The van der Waals surface area contributed by atoms with Crippen molar-refractivity contribution in [1.29, 1.82) is 0 Å². The van der Waals surface area contributed by atoms with Crippen LogP contribution in [0.4, 0.5) is 0 Å². The van der Waals surface area contributed by atoms with Crippen molar-refractivity contribution in [2.45, 2.75) is 70.9 Å². The van der Waals surface area contributed by atoms with Crippen LogP contribution in [0.15, 0.2) is 12.1 Å². The minimum Gasteiger partial charge on any atom is -0.366 e. The first-order valence-corrected chi connectivity index (χ1v) is 35.1. The Hall–Kier alpha value is -7.26. The van der Waals surface area contributed by atoms with E-state index in [2.05, 4.69) is 104 Å². The number of rotatable bonds is 60. The van der Waals surface area contributed by atoms with Gasteiger partial charge in [0.2, 0.25) is 23.6 Å². The van der Waals surface area contributed by atoms with Crippen LogP contribution in [0.25, 0.3) is 0 Å². The maximum absolute atomic E-state index is 13.9. The van der Waals surface area contributed by atoms with E-state index in [0.29, 0.717) is 46.0 Å². The molecule has 4 N–H and O–H groups in total. The monoisotopic (exact) mass is 1420 g/mol. The number of benzene rings is 1. The van der Waals surface area contributed by atoms with Crippen LogP contribution in [0, 0.1) is 148 Å². The lowest BCUT2D eigenvalue weighted by Gasteiger charge is -2.33. The number of hydrogen-bond acceptors (Lipinski definition) is 20. The largest absolute Gasteiger partial charge is 0.366 e. The van der Waals surface area contributed by atoms with E-state index < -0.39 is 22.2 Å². The second-order valence-electron chi connectivity index (χ2n) is 21.3. The van der Waals surface area contributed by atoms with Gasteiger partial charge in [0, 0.05) is 71.7 Å². The lowest BCUT2D eigenvalue weighted by molar-refractivity contribution is -0.127. The van der Waals surface area contributed by atoms with Crippen LogP contribution in [0.1, 0.15) is 47.9 Å². The van der Waals surface area contributed by atoms with E-state index in [9.17, 15) is 19.2 Å². The van der Waals surface area contributed by atoms with Crippen molar-refractivity contribution in [1.82, 2.24) is 21.3 Å². The molecule has 24 heteroatoms. The van der Waals surface area contributed by atoms with Crippen molar-refractivity contribution in [2.75, 3.05) is 182 Å². The molecule has 0 aliphatic rings. The molecule has 1 aromatic carbocycles. The zero-order chi connectivity index (χ0) is 72.1. The van der Waals surface area contributed by atoms with E-state index in [1.807, 2.05) is 0 Å². The highest BCUT2D eigenvalue weighted by atomic mass is 32.2. The second-order valence-corrected chi connectivity index (χ2v) is 25.7. The quantitative estimate of drug-likeness (QED) is 0.0542. The Kier molecular flexibility index (Phi) is 52.2. The number of hydrogen-bond donors (Lipinski definition) is 4. The van der Waals surface area contributed by atoms with Gasteiger partial charge in [-0.2, -0.15) is 47.0 Å². The lowest BCUT2D eigenvalue weighted by Crippen LogP contribution is -2.58. The van der Waals surface area contributed by atoms with E-state index in [1.165, 1.54) is 47.0 Å². The van der Waals surface area contributed by atoms with Crippen LogP contribution in [-0.4, -0.2) is 227 Å². The smallest absolute Gasteiger partial charge is 0.221 e. The summed E-state index contributed by atoms with van der Waals surface area (Å²) in [5.41, 5.74) is -0.887. The van der Waals surface area contributed by atoms with E-state index in [-0.39, 0.29) is 208 Å². The van der Waals surface area contributed by atoms with E-state index >= 15 is 0 Å². The third-order valence-electron chi connectivity index (χ3n) is 12.8. The molecule has 4 amide bonds. The Morgan fingerprint density at radius 2 is 0.398 bits per heavy atom. The molecule has 0 saturated carbocycles. The Labute approximate surface area is 599 Å². The fourth-order valence-electron chi connectivity index (χ4n) is 8.75. The Bertz CT molecular complexity index is 2470. The topological polar surface area (TPSA) is 227 Å². The summed E-state index contributed by atoms with van der Waals surface area (Å²) in [7, 11) is 0. The molecule has 0 aromatic heterocycles. The maximum Gasteiger partial charge on any atom is 0.221 e. The Morgan fingerprint density at radius 1 is 0.265 bits per heavy atom. The summed E-state index contributed by atoms with van der Waals surface area (Å²) in [5, 5.41) is 12.1.